The molecule has 25 heavy (non-hydrogen) atoms. The Morgan fingerprint density at radius 1 is 1.28 bits per heavy atom. The lowest BCUT2D eigenvalue weighted by Gasteiger charge is -2.35. The molecule has 1 atom stereocenters. The van der Waals surface area contributed by atoms with Crippen LogP contribution in [-0.4, -0.2) is 35.6 Å². The smallest absolute Gasteiger partial charge is 0.224 e. The molecule has 0 spiro atoms. The van der Waals surface area contributed by atoms with Crippen LogP contribution in [0.2, 0.25) is 5.02 Å². The van der Waals surface area contributed by atoms with E-state index >= 15 is 0 Å². The van der Waals surface area contributed by atoms with Crippen LogP contribution in [0.3, 0.4) is 0 Å². The largest absolute Gasteiger partial charge is 0.368 e. The molecule has 4 N–H and O–H groups in total. The zero-order valence-corrected chi connectivity index (χ0v) is 16.0. The molecule has 6 nitrogen and oxygen atoms in total. The second-order valence-electron chi connectivity index (χ2n) is 6.46. The third-order valence-corrected chi connectivity index (χ3v) is 5.60. The zero-order valence-electron chi connectivity index (χ0n) is 13.7. The van der Waals surface area contributed by atoms with E-state index in [1.165, 1.54) is 5.56 Å². The number of nitrogens with one attached hydrogen (secondary N) is 2. The van der Waals surface area contributed by atoms with E-state index in [0.717, 1.165) is 36.9 Å². The molecule has 0 bridgehead atoms. The zero-order chi connectivity index (χ0) is 17.4. The van der Waals surface area contributed by atoms with E-state index in [9.17, 15) is 0 Å². The van der Waals surface area contributed by atoms with Gasteiger partial charge in [-0.15, -0.1) is 0 Å². The number of hydrogen-bond donors (Lipinski definition) is 3. The van der Waals surface area contributed by atoms with Crippen LogP contribution in [0.5, 0.6) is 0 Å². The van der Waals surface area contributed by atoms with Crippen molar-refractivity contribution in [1.82, 2.24) is 15.3 Å². The summed E-state index contributed by atoms with van der Waals surface area (Å²) in [6.07, 6.45) is 2.29. The highest BCUT2D eigenvalue weighted by Crippen LogP contribution is 2.35. The van der Waals surface area contributed by atoms with Gasteiger partial charge in [0.25, 0.3) is 0 Å². The molecule has 1 saturated heterocycles. The fraction of sp³-hybridized carbons (Fsp3) is 0.412. The third-order valence-electron chi connectivity index (χ3n) is 4.52. The quantitative estimate of drug-likeness (QED) is 0.701. The van der Waals surface area contributed by atoms with Crippen molar-refractivity contribution in [3.05, 3.63) is 39.3 Å². The minimum Gasteiger partial charge on any atom is -0.368 e. The van der Waals surface area contributed by atoms with Crippen molar-refractivity contribution in [3.63, 3.8) is 0 Å². The van der Waals surface area contributed by atoms with E-state index in [-0.39, 0.29) is 12.0 Å². The number of anilines is 3. The summed E-state index contributed by atoms with van der Waals surface area (Å²) in [4.78, 5) is 10.9. The van der Waals surface area contributed by atoms with Crippen molar-refractivity contribution >= 4 is 45.1 Å². The normalized spacial score (nSPS) is 20.6. The van der Waals surface area contributed by atoms with Crippen molar-refractivity contribution < 1.29 is 0 Å². The van der Waals surface area contributed by atoms with E-state index in [2.05, 4.69) is 53.6 Å². The molecule has 2 aromatic rings. The number of piperazine rings is 1. The third kappa shape index (κ3) is 3.68. The summed E-state index contributed by atoms with van der Waals surface area (Å²) in [5, 5.41) is 7.46. The lowest BCUT2D eigenvalue weighted by molar-refractivity contribution is 0.468. The van der Waals surface area contributed by atoms with Crippen molar-refractivity contribution in [2.24, 2.45) is 0 Å². The highest BCUT2D eigenvalue weighted by molar-refractivity contribution is 9.10. The average Bonchev–Trinajstić information content (AvgIpc) is 3.42. The fourth-order valence-electron chi connectivity index (χ4n) is 3.09. The number of nitrogens with zero attached hydrogens (tertiary/aromatic N) is 3. The molecule has 1 aromatic carbocycles. The predicted octanol–water partition coefficient (Wildman–Crippen LogP) is 3.20. The van der Waals surface area contributed by atoms with Gasteiger partial charge in [0.05, 0.1) is 6.04 Å². The number of nitrogens with two attached hydrogens (primary N) is 1. The summed E-state index contributed by atoms with van der Waals surface area (Å²) >= 11 is 10.2. The average molecular weight is 424 g/mol. The summed E-state index contributed by atoms with van der Waals surface area (Å²) in [6, 6.07) is 8.90. The van der Waals surface area contributed by atoms with Crippen LogP contribution in [0.25, 0.3) is 0 Å². The summed E-state index contributed by atoms with van der Waals surface area (Å²) in [7, 11) is 0. The second-order valence-corrected chi connectivity index (χ2v) is 7.69. The molecule has 8 heteroatoms. The van der Waals surface area contributed by atoms with Crippen LogP contribution >= 0.6 is 27.5 Å². The first-order valence-electron chi connectivity index (χ1n) is 8.44. The van der Waals surface area contributed by atoms with E-state index in [4.69, 9.17) is 17.3 Å². The molecule has 0 amide bonds. The molecule has 1 unspecified atom stereocenters. The van der Waals surface area contributed by atoms with Crippen molar-refractivity contribution in [2.45, 2.75) is 24.9 Å². The minimum atomic E-state index is 0.191. The molecule has 1 aliphatic carbocycles. The topological polar surface area (TPSA) is 79.1 Å². The maximum Gasteiger partial charge on any atom is 0.224 e. The fourth-order valence-corrected chi connectivity index (χ4v) is 3.91. The van der Waals surface area contributed by atoms with Crippen LogP contribution in [-0.2, 0) is 0 Å². The molecule has 2 aliphatic rings. The number of aromatic nitrogens is 2. The Morgan fingerprint density at radius 3 is 2.84 bits per heavy atom. The first-order chi connectivity index (χ1) is 12.1. The molecule has 2 heterocycles. The Labute approximate surface area is 160 Å². The molecule has 1 saturated carbocycles. The van der Waals surface area contributed by atoms with E-state index in [1.807, 2.05) is 12.1 Å². The lowest BCUT2D eigenvalue weighted by atomic mass is 10.0. The summed E-state index contributed by atoms with van der Waals surface area (Å²) in [6.45, 7) is 2.43. The van der Waals surface area contributed by atoms with Gasteiger partial charge in [0.15, 0.2) is 11.6 Å². The standard InChI is InChI=1S/C17H20BrClN6/c18-12-4-2-1-3-11(12)13-9-25(8-7-21-13)16-14(19)15(22-10-5-6-10)23-17(20)24-16/h1-4,10,13,21H,5-9H2,(H3,20,22,23,24). The highest BCUT2D eigenvalue weighted by atomic mass is 79.9. The van der Waals surface area contributed by atoms with Gasteiger partial charge in [-0.05, 0) is 24.5 Å². The summed E-state index contributed by atoms with van der Waals surface area (Å²) in [5.41, 5.74) is 7.15. The predicted molar refractivity (Wildman–Crippen MR) is 105 cm³/mol. The Kier molecular flexibility index (Phi) is 4.71. The monoisotopic (exact) mass is 422 g/mol. The van der Waals surface area contributed by atoms with Crippen LogP contribution in [0.1, 0.15) is 24.4 Å². The Bertz CT molecular complexity index is 782. The molecule has 132 valence electrons. The van der Waals surface area contributed by atoms with Gasteiger partial charge in [0.1, 0.15) is 5.02 Å². The van der Waals surface area contributed by atoms with Crippen LogP contribution < -0.4 is 21.3 Å². The molecule has 0 radical (unpaired) electrons. The van der Waals surface area contributed by atoms with Gasteiger partial charge in [-0.25, -0.2) is 0 Å². The van der Waals surface area contributed by atoms with Gasteiger partial charge >= 0.3 is 0 Å². The van der Waals surface area contributed by atoms with Crippen molar-refractivity contribution in [2.75, 3.05) is 35.6 Å². The molecular weight excluding hydrogens is 404 g/mol. The number of hydrogen-bond acceptors (Lipinski definition) is 6. The van der Waals surface area contributed by atoms with E-state index < -0.39 is 0 Å². The Morgan fingerprint density at radius 2 is 2.08 bits per heavy atom. The van der Waals surface area contributed by atoms with Gasteiger partial charge in [-0.1, -0.05) is 45.7 Å². The number of nitrogen functional groups attached to an aromatic ring is 1. The minimum absolute atomic E-state index is 0.191. The van der Waals surface area contributed by atoms with Gasteiger partial charge in [0, 0.05) is 30.1 Å². The summed E-state index contributed by atoms with van der Waals surface area (Å²) in [5.74, 6) is 1.59. The molecular formula is C17H20BrClN6. The van der Waals surface area contributed by atoms with E-state index in [0.29, 0.717) is 22.7 Å². The Hall–Kier alpha value is -1.57. The summed E-state index contributed by atoms with van der Waals surface area (Å²) < 4.78 is 1.10. The maximum atomic E-state index is 6.60. The van der Waals surface area contributed by atoms with Crippen LogP contribution in [0.15, 0.2) is 28.7 Å². The first-order valence-corrected chi connectivity index (χ1v) is 9.61. The maximum absolute atomic E-state index is 6.60. The van der Waals surface area contributed by atoms with E-state index in [1.54, 1.807) is 0 Å². The molecule has 2 fully saturated rings. The Balaban J connectivity index is 1.61. The highest BCUT2D eigenvalue weighted by Gasteiger charge is 2.28. The van der Waals surface area contributed by atoms with Gasteiger partial charge in [-0.2, -0.15) is 9.97 Å². The molecule has 1 aromatic heterocycles. The van der Waals surface area contributed by atoms with Crippen LogP contribution in [0, 0.1) is 0 Å². The first kappa shape index (κ1) is 16.9. The van der Waals surface area contributed by atoms with Crippen LogP contribution in [0.4, 0.5) is 17.6 Å². The number of benzene rings is 1. The van der Waals surface area contributed by atoms with Gasteiger partial charge in [0.2, 0.25) is 5.95 Å². The lowest BCUT2D eigenvalue weighted by Crippen LogP contribution is -2.46. The molecule has 4 rings (SSSR count). The second kappa shape index (κ2) is 6.97. The molecule has 1 aliphatic heterocycles. The van der Waals surface area contributed by atoms with Crippen molar-refractivity contribution in [1.29, 1.82) is 0 Å². The number of halogens is 2. The van der Waals surface area contributed by atoms with Gasteiger partial charge in [-0.3, -0.25) is 0 Å². The van der Waals surface area contributed by atoms with Crippen molar-refractivity contribution in [3.8, 4) is 0 Å². The number of rotatable bonds is 4. The SMILES string of the molecule is Nc1nc(NC2CC2)c(Cl)c(N2CCNC(c3ccccc3Br)C2)n1. The van der Waals surface area contributed by atoms with Gasteiger partial charge < -0.3 is 21.3 Å².